The van der Waals surface area contributed by atoms with Crippen molar-refractivity contribution >= 4 is 33.0 Å². The second-order valence-electron chi connectivity index (χ2n) is 8.18. The molecule has 0 unspecified atom stereocenters. The molecule has 1 aromatic heterocycles. The molecule has 0 aliphatic carbocycles. The number of hydrogen-bond acceptors (Lipinski definition) is 4. The van der Waals surface area contributed by atoms with E-state index >= 15 is 0 Å². The Bertz CT molecular complexity index is 1450. The van der Waals surface area contributed by atoms with Crippen LogP contribution < -0.4 is 10.6 Å². The van der Waals surface area contributed by atoms with Gasteiger partial charge in [0.05, 0.1) is 4.90 Å². The summed E-state index contributed by atoms with van der Waals surface area (Å²) in [6.45, 7) is 0.268. The summed E-state index contributed by atoms with van der Waals surface area (Å²) >= 11 is 5.32. The predicted molar refractivity (Wildman–Crippen MR) is 143 cm³/mol. The molecule has 0 bridgehead atoms. The molecule has 3 aromatic carbocycles. The first-order valence-electron chi connectivity index (χ1n) is 11.3. The summed E-state index contributed by atoms with van der Waals surface area (Å²) in [7, 11) is -4.03. The van der Waals surface area contributed by atoms with Crippen LogP contribution in [0, 0.1) is 11.6 Å². The van der Waals surface area contributed by atoms with Crippen LogP contribution in [-0.2, 0) is 29.7 Å². The summed E-state index contributed by atoms with van der Waals surface area (Å²) in [4.78, 5) is 4.01. The molecule has 10 heteroatoms. The molecule has 2 N–H and O–H groups in total. The van der Waals surface area contributed by atoms with Gasteiger partial charge in [-0.05, 0) is 77.9 Å². The maximum atomic E-state index is 14.4. The van der Waals surface area contributed by atoms with Crippen LogP contribution in [0.1, 0.15) is 16.7 Å². The van der Waals surface area contributed by atoms with Gasteiger partial charge in [0.1, 0.15) is 11.6 Å². The van der Waals surface area contributed by atoms with Crippen molar-refractivity contribution in [1.29, 1.82) is 0 Å². The molecule has 4 aromatic rings. The number of thiocarbonyl (C=S) groups is 1. The third-order valence-corrected chi connectivity index (χ3v) is 7.58. The molecular weight excluding hydrogens is 514 g/mol. The lowest BCUT2D eigenvalue weighted by atomic mass is 10.2. The largest absolute Gasteiger partial charge is 0.358 e. The Morgan fingerprint density at radius 1 is 0.838 bits per heavy atom. The summed E-state index contributed by atoms with van der Waals surface area (Å²) in [6, 6.07) is 21.4. The molecule has 37 heavy (non-hydrogen) atoms. The molecule has 4 rings (SSSR count). The van der Waals surface area contributed by atoms with Crippen molar-refractivity contribution < 1.29 is 17.2 Å². The fourth-order valence-electron chi connectivity index (χ4n) is 3.55. The molecule has 0 spiro atoms. The lowest BCUT2D eigenvalue weighted by Crippen LogP contribution is -2.31. The number of nitrogens with zero attached hydrogens (tertiary/aromatic N) is 2. The fourth-order valence-corrected chi connectivity index (χ4v) is 5.15. The van der Waals surface area contributed by atoms with Gasteiger partial charge in [-0.2, -0.15) is 4.31 Å². The molecule has 0 radical (unpaired) electrons. The van der Waals surface area contributed by atoms with Crippen LogP contribution in [0.5, 0.6) is 0 Å². The van der Waals surface area contributed by atoms with E-state index in [1.165, 1.54) is 52.8 Å². The first kappa shape index (κ1) is 26.3. The highest BCUT2D eigenvalue weighted by molar-refractivity contribution is 7.89. The monoisotopic (exact) mass is 538 g/mol. The average molecular weight is 539 g/mol. The zero-order valence-electron chi connectivity index (χ0n) is 19.6. The van der Waals surface area contributed by atoms with Crippen LogP contribution in [0.3, 0.4) is 0 Å². The van der Waals surface area contributed by atoms with Gasteiger partial charge in [-0.15, -0.1) is 0 Å². The SMILES string of the molecule is O=S(=O)(c1ccc(NC(=S)NCc2ccncc2)cc1)N(Cc1ccc(F)cc1)Cc1ccccc1F. The van der Waals surface area contributed by atoms with Crippen molar-refractivity contribution in [3.8, 4) is 0 Å². The minimum atomic E-state index is -4.03. The molecule has 0 atom stereocenters. The topological polar surface area (TPSA) is 74.3 Å². The molecule has 0 fully saturated rings. The molecule has 0 aliphatic rings. The van der Waals surface area contributed by atoms with Gasteiger partial charge in [-0.1, -0.05) is 30.3 Å². The number of aromatic nitrogens is 1. The van der Waals surface area contributed by atoms with Crippen molar-refractivity contribution in [1.82, 2.24) is 14.6 Å². The third kappa shape index (κ3) is 7.16. The highest BCUT2D eigenvalue weighted by Gasteiger charge is 2.26. The summed E-state index contributed by atoms with van der Waals surface area (Å²) < 4.78 is 56.1. The number of anilines is 1. The van der Waals surface area contributed by atoms with E-state index in [1.54, 1.807) is 36.7 Å². The molecular formula is C27H24F2N4O2S2. The molecule has 6 nitrogen and oxygen atoms in total. The van der Waals surface area contributed by atoms with Crippen molar-refractivity contribution in [3.63, 3.8) is 0 Å². The molecule has 190 valence electrons. The summed E-state index contributed by atoms with van der Waals surface area (Å²) in [5, 5.41) is 6.48. The minimum Gasteiger partial charge on any atom is -0.358 e. The maximum Gasteiger partial charge on any atom is 0.243 e. The van der Waals surface area contributed by atoms with Gasteiger partial charge in [-0.3, -0.25) is 4.98 Å². The van der Waals surface area contributed by atoms with E-state index in [1.807, 2.05) is 12.1 Å². The second kappa shape index (κ2) is 12.0. The van der Waals surface area contributed by atoms with Crippen molar-refractivity contribution in [2.24, 2.45) is 0 Å². The maximum absolute atomic E-state index is 14.4. The second-order valence-corrected chi connectivity index (χ2v) is 10.5. The van der Waals surface area contributed by atoms with Crippen LogP contribution >= 0.6 is 12.2 Å². The van der Waals surface area contributed by atoms with E-state index in [2.05, 4.69) is 15.6 Å². The third-order valence-electron chi connectivity index (χ3n) is 5.53. The first-order valence-corrected chi connectivity index (χ1v) is 13.2. The van der Waals surface area contributed by atoms with Crippen LogP contribution in [-0.4, -0.2) is 22.8 Å². The number of nitrogens with one attached hydrogen (secondary N) is 2. The van der Waals surface area contributed by atoms with E-state index < -0.39 is 21.7 Å². The van der Waals surface area contributed by atoms with E-state index in [0.29, 0.717) is 22.9 Å². The van der Waals surface area contributed by atoms with Gasteiger partial charge in [0, 0.05) is 43.3 Å². The summed E-state index contributed by atoms with van der Waals surface area (Å²) in [5.74, 6) is -0.933. The van der Waals surface area contributed by atoms with E-state index in [4.69, 9.17) is 12.2 Å². The Morgan fingerprint density at radius 2 is 1.51 bits per heavy atom. The lowest BCUT2D eigenvalue weighted by molar-refractivity contribution is 0.393. The number of halogens is 2. The number of pyridine rings is 1. The summed E-state index contributed by atoms with van der Waals surface area (Å²) in [6.07, 6.45) is 3.39. The number of benzene rings is 3. The van der Waals surface area contributed by atoms with Crippen LogP contribution in [0.15, 0.2) is 102 Å². The van der Waals surface area contributed by atoms with Gasteiger partial charge in [0.15, 0.2) is 5.11 Å². The lowest BCUT2D eigenvalue weighted by Gasteiger charge is -2.23. The van der Waals surface area contributed by atoms with Crippen molar-refractivity contribution in [2.45, 2.75) is 24.5 Å². The number of sulfonamides is 1. The fraction of sp³-hybridized carbons (Fsp3) is 0.111. The van der Waals surface area contributed by atoms with Gasteiger partial charge < -0.3 is 10.6 Å². The molecule has 1 heterocycles. The standard InChI is InChI=1S/C27H24F2N4O2S2/c28-23-7-5-21(6-8-23)18-33(19-22-3-1-2-4-26(22)29)37(34,35)25-11-9-24(10-12-25)32-27(36)31-17-20-13-15-30-16-14-20/h1-16H,17-19H2,(H2,31,32,36). The van der Waals surface area contributed by atoms with Crippen molar-refractivity contribution in [2.75, 3.05) is 5.32 Å². The van der Waals surface area contributed by atoms with E-state index in [0.717, 1.165) is 5.56 Å². The van der Waals surface area contributed by atoms with Gasteiger partial charge >= 0.3 is 0 Å². The molecule has 0 amide bonds. The zero-order chi connectivity index (χ0) is 26.3. The van der Waals surface area contributed by atoms with E-state index in [9.17, 15) is 17.2 Å². The normalized spacial score (nSPS) is 11.3. The van der Waals surface area contributed by atoms with Gasteiger partial charge in [0.25, 0.3) is 0 Å². The van der Waals surface area contributed by atoms with Crippen LogP contribution in [0.4, 0.5) is 14.5 Å². The quantitative estimate of drug-likeness (QED) is 0.284. The highest BCUT2D eigenvalue weighted by atomic mass is 32.2. The van der Waals surface area contributed by atoms with E-state index in [-0.39, 0.29) is 23.5 Å². The smallest absolute Gasteiger partial charge is 0.243 e. The molecule has 0 saturated carbocycles. The minimum absolute atomic E-state index is 0.0344. The molecule has 0 saturated heterocycles. The Labute approximate surface area is 220 Å². The predicted octanol–water partition coefficient (Wildman–Crippen LogP) is 5.24. The highest BCUT2D eigenvalue weighted by Crippen LogP contribution is 2.24. The van der Waals surface area contributed by atoms with Crippen LogP contribution in [0.2, 0.25) is 0 Å². The van der Waals surface area contributed by atoms with Crippen LogP contribution in [0.25, 0.3) is 0 Å². The Kier molecular flexibility index (Phi) is 8.54. The Morgan fingerprint density at radius 3 is 2.19 bits per heavy atom. The Hall–Kier alpha value is -3.73. The average Bonchev–Trinajstić information content (AvgIpc) is 2.90. The Balaban J connectivity index is 1.50. The number of hydrogen-bond donors (Lipinski definition) is 2. The van der Waals surface area contributed by atoms with Crippen molar-refractivity contribution in [3.05, 3.63) is 126 Å². The van der Waals surface area contributed by atoms with Gasteiger partial charge in [-0.25, -0.2) is 17.2 Å². The number of rotatable bonds is 9. The molecule has 0 aliphatic heterocycles. The van der Waals surface area contributed by atoms with Gasteiger partial charge in [0.2, 0.25) is 10.0 Å². The zero-order valence-corrected chi connectivity index (χ0v) is 21.3. The summed E-state index contributed by atoms with van der Waals surface area (Å²) in [5.41, 5.74) is 2.42. The first-order chi connectivity index (χ1) is 17.8.